The second-order valence-electron chi connectivity index (χ2n) is 0. The minimum absolute atomic E-state index is 0. The van der Waals surface area contributed by atoms with E-state index >= 15 is 0 Å². The van der Waals surface area contributed by atoms with Crippen molar-refractivity contribution in [3.63, 3.8) is 0 Å². The average Bonchev–Trinajstić information content (AvgIpc) is 0. The second-order valence-corrected chi connectivity index (χ2v) is 0. The maximum atomic E-state index is 0. The van der Waals surface area contributed by atoms with Gasteiger partial charge in [0.2, 0.25) is 0 Å². The van der Waals surface area contributed by atoms with E-state index in [1.54, 1.807) is 0 Å². The first-order chi connectivity index (χ1) is 0. The molecule has 8 radical (unpaired) electrons. The number of rotatable bonds is 0. The van der Waals surface area contributed by atoms with Crippen LogP contribution in [0.2, 0.25) is 0 Å². The Balaban J connectivity index is 0. The first-order valence-electron chi connectivity index (χ1n) is 0. The summed E-state index contributed by atoms with van der Waals surface area (Å²) < 4.78 is 0. The molecule has 0 N–H and O–H groups in total. The molecule has 40 valence electrons. The van der Waals surface area contributed by atoms with Crippen LogP contribution in [0.4, 0.5) is 0 Å². The molecule has 0 heterocycles. The van der Waals surface area contributed by atoms with Crippen LogP contribution < -0.4 is 0 Å². The van der Waals surface area contributed by atoms with Crippen LogP contribution in [0.25, 0.3) is 0 Å². The van der Waals surface area contributed by atoms with Gasteiger partial charge < -0.3 is 40.5 Å². The van der Waals surface area contributed by atoms with Gasteiger partial charge in [0, 0.05) is 34.7 Å². The van der Waals surface area contributed by atoms with Gasteiger partial charge in [-0.05, 0) is 0 Å². The van der Waals surface area contributed by atoms with E-state index in [4.69, 9.17) is 0 Å². The van der Waals surface area contributed by atoms with Crippen LogP contribution in [0.1, 0.15) is 0 Å². The molecule has 0 aliphatic heterocycles. The first-order valence-corrected chi connectivity index (χ1v) is 0. The van der Waals surface area contributed by atoms with Crippen molar-refractivity contribution in [1.29, 1.82) is 0 Å². The van der Waals surface area contributed by atoms with Crippen LogP contribution in [0.5, 0.6) is 0 Å². The van der Waals surface area contributed by atoms with Crippen molar-refractivity contribution >= 4 is 75.2 Å². The molecule has 7 heavy (non-hydrogen) atoms. The Morgan fingerprint density at radius 1 is 0.429 bits per heavy atom. The molecule has 0 aromatic rings. The predicted molar refractivity (Wildman–Crippen MR) is 33.6 cm³/mol. The Hall–Kier alpha value is 3.15. The first kappa shape index (κ1) is 85.5. The Labute approximate surface area is 108 Å². The molecule has 0 aromatic heterocycles. The summed E-state index contributed by atoms with van der Waals surface area (Å²) in [6.07, 6.45) is 0. The van der Waals surface area contributed by atoms with E-state index in [1.807, 2.05) is 0 Å². The maximum absolute atomic E-state index is 0. The average molecular weight is 262 g/mol. The van der Waals surface area contributed by atoms with E-state index in [2.05, 4.69) is 0 Å². The summed E-state index contributed by atoms with van der Waals surface area (Å²) in [5.41, 5.74) is 0. The van der Waals surface area contributed by atoms with Crippen molar-refractivity contribution in [3.05, 3.63) is 0 Å². The molecule has 0 atom stereocenters. The summed E-state index contributed by atoms with van der Waals surface area (Å²) in [7, 11) is 0. The fraction of sp³-hybridized carbons (Fsp3) is 0. The van der Waals surface area contributed by atoms with Crippen LogP contribution in [0.3, 0.4) is 0 Å². The zero-order valence-corrected chi connectivity index (χ0v) is 10.1. The topological polar surface area (TPSA) is 0 Å². The Morgan fingerprint density at radius 2 is 0.429 bits per heavy atom. The number of hydrogen-bond donors (Lipinski definition) is 0. The molecule has 0 saturated carbocycles. The van der Waals surface area contributed by atoms with E-state index in [1.165, 1.54) is 0 Å². The molecule has 0 aliphatic carbocycles. The number of hydrogen-bond acceptors (Lipinski definition) is 0. The van der Waals surface area contributed by atoms with Gasteiger partial charge in [0.1, 0.15) is 0 Å². The molecule has 0 amide bonds. The Bertz CT molecular complexity index is 10.9. The van der Waals surface area contributed by atoms with E-state index in [-0.39, 0.29) is 109 Å². The molecular weight excluding hydrogens is 262 g/mol. The van der Waals surface area contributed by atoms with Gasteiger partial charge in [-0.2, -0.15) is 0 Å². The van der Waals surface area contributed by atoms with Gasteiger partial charge in [-0.1, -0.05) is 0 Å². The zero-order valence-electron chi connectivity index (χ0n) is 3.09. The fourth-order valence-corrected chi connectivity index (χ4v) is 0. The van der Waals surface area contributed by atoms with Gasteiger partial charge >= 0.3 is 34.1 Å². The summed E-state index contributed by atoms with van der Waals surface area (Å²) in [6.45, 7) is 0. The molecule has 0 aromatic carbocycles. The minimum Gasteiger partial charge on any atom is -2.00 e. The molecule has 0 saturated heterocycles. The van der Waals surface area contributed by atoms with Crippen molar-refractivity contribution < 1.29 is 34.1 Å². The molecule has 0 fully saturated rings. The largest absolute Gasteiger partial charge is 3.00 e. The maximum Gasteiger partial charge on any atom is 3.00 e. The third-order valence-electron chi connectivity index (χ3n) is 0. The molecule has 0 unspecified atom stereocenters. The third-order valence-corrected chi connectivity index (χ3v) is 0. The normalized spacial score (nSPS) is 0. The summed E-state index contributed by atoms with van der Waals surface area (Å²) in [5, 5.41) is 0. The molecular formula is Al2Fe2S3. The standard InChI is InChI=1S/2Al.2Fe.3S/q;;2*+3;3*-2. The van der Waals surface area contributed by atoms with Crippen LogP contribution in [-0.4, -0.2) is 34.7 Å². The molecule has 0 rings (SSSR count). The van der Waals surface area contributed by atoms with E-state index in [9.17, 15) is 0 Å². The zero-order chi connectivity index (χ0) is 0. The molecule has 0 spiro atoms. The smallest absolute Gasteiger partial charge is 2.00 e. The summed E-state index contributed by atoms with van der Waals surface area (Å²) >= 11 is 0. The SMILES string of the molecule is [Al].[Al].[Fe+3].[Fe+3].[S-2].[S-2].[S-2]. The van der Waals surface area contributed by atoms with Crippen molar-refractivity contribution in [2.24, 2.45) is 0 Å². The van der Waals surface area contributed by atoms with E-state index in [0.29, 0.717) is 0 Å². The summed E-state index contributed by atoms with van der Waals surface area (Å²) in [5.74, 6) is 0. The van der Waals surface area contributed by atoms with Gasteiger partial charge in [-0.15, -0.1) is 0 Å². The van der Waals surface area contributed by atoms with Crippen LogP contribution in [0, 0.1) is 0 Å². The fourth-order valence-electron chi connectivity index (χ4n) is 0. The monoisotopic (exact) mass is 262 g/mol. The molecule has 7 heteroatoms. The Kier molecular flexibility index (Phi) is 748. The second kappa shape index (κ2) is 61.2. The van der Waals surface area contributed by atoms with Gasteiger partial charge in [0.05, 0.1) is 0 Å². The Morgan fingerprint density at radius 3 is 0.429 bits per heavy atom. The molecule has 0 bridgehead atoms. The van der Waals surface area contributed by atoms with Gasteiger partial charge in [-0.3, -0.25) is 0 Å². The van der Waals surface area contributed by atoms with Crippen molar-refractivity contribution in [2.75, 3.05) is 0 Å². The molecule has 0 aliphatic rings. The van der Waals surface area contributed by atoms with E-state index in [0.717, 1.165) is 0 Å². The van der Waals surface area contributed by atoms with Gasteiger partial charge in [0.15, 0.2) is 0 Å². The predicted octanol–water partition coefficient (Wildman–Crippen LogP) is -0.774. The van der Waals surface area contributed by atoms with Gasteiger partial charge in [-0.25, -0.2) is 0 Å². The van der Waals surface area contributed by atoms with Gasteiger partial charge in [0.25, 0.3) is 0 Å². The van der Waals surface area contributed by atoms with Crippen LogP contribution in [0.15, 0.2) is 0 Å². The van der Waals surface area contributed by atoms with Crippen LogP contribution in [-0.2, 0) is 74.6 Å². The van der Waals surface area contributed by atoms with Crippen molar-refractivity contribution in [2.45, 2.75) is 0 Å². The summed E-state index contributed by atoms with van der Waals surface area (Å²) in [6, 6.07) is 0. The summed E-state index contributed by atoms with van der Waals surface area (Å²) in [4.78, 5) is 0. The van der Waals surface area contributed by atoms with Crippen molar-refractivity contribution in [3.8, 4) is 0 Å². The third kappa shape index (κ3) is 47.1. The van der Waals surface area contributed by atoms with E-state index < -0.39 is 0 Å². The van der Waals surface area contributed by atoms with Crippen molar-refractivity contribution in [1.82, 2.24) is 0 Å². The minimum atomic E-state index is 0. The van der Waals surface area contributed by atoms with Crippen LogP contribution >= 0.6 is 0 Å². The quantitative estimate of drug-likeness (QED) is 0.503. The molecule has 0 nitrogen and oxygen atoms in total.